The second-order valence-electron chi connectivity index (χ2n) is 9.25. The van der Waals surface area contributed by atoms with Gasteiger partial charge in [-0.05, 0) is 64.4 Å². The molecule has 162 valence electrons. The average molecular weight is 418 g/mol. The van der Waals surface area contributed by atoms with E-state index < -0.39 is 0 Å². The number of hydrogen-bond acceptors (Lipinski definition) is 4. The van der Waals surface area contributed by atoms with E-state index in [4.69, 9.17) is 10.1 Å². The minimum atomic E-state index is 0.103. The second kappa shape index (κ2) is 8.08. The molecule has 0 radical (unpaired) electrons. The Morgan fingerprint density at radius 2 is 1.84 bits per heavy atom. The topological polar surface area (TPSA) is 54.3 Å². The zero-order valence-corrected chi connectivity index (χ0v) is 18.7. The molecule has 1 aromatic carbocycles. The van der Waals surface area contributed by atoms with Gasteiger partial charge in [-0.25, -0.2) is 9.67 Å². The number of piperidine rings is 1. The van der Waals surface area contributed by atoms with Crippen molar-refractivity contribution >= 4 is 16.9 Å². The Morgan fingerprint density at radius 1 is 1.13 bits per heavy atom. The summed E-state index contributed by atoms with van der Waals surface area (Å²) in [6, 6.07) is 12.7. The first-order chi connectivity index (χ1) is 15.0. The maximum atomic E-state index is 13.7. The lowest BCUT2D eigenvalue weighted by molar-refractivity contribution is 0.0661. The summed E-state index contributed by atoms with van der Waals surface area (Å²) in [5.41, 5.74) is 4.71. The lowest BCUT2D eigenvalue weighted by Gasteiger charge is -2.35. The van der Waals surface area contributed by atoms with Gasteiger partial charge in [-0.1, -0.05) is 30.3 Å². The van der Waals surface area contributed by atoms with Crippen LogP contribution in [0.2, 0.25) is 0 Å². The molecule has 1 saturated carbocycles. The molecule has 3 aromatic rings. The highest BCUT2D eigenvalue weighted by molar-refractivity contribution is 6.06. The molecule has 2 aliphatic rings. The van der Waals surface area contributed by atoms with Gasteiger partial charge in [-0.15, -0.1) is 0 Å². The Bertz CT molecular complexity index is 1090. The zero-order valence-electron chi connectivity index (χ0n) is 18.7. The summed E-state index contributed by atoms with van der Waals surface area (Å²) >= 11 is 0. The molecule has 1 aliphatic heterocycles. The summed E-state index contributed by atoms with van der Waals surface area (Å²) in [6.07, 6.45) is 4.36. The molecule has 1 saturated heterocycles. The van der Waals surface area contributed by atoms with Gasteiger partial charge in [-0.3, -0.25) is 4.79 Å². The standard InChI is InChI=1S/C25H31N5O/c1-17-23-21(25(31)29(3)20-11-13-28(2)14-12-20)15-22(19-9-10-19)26-24(23)30(27-17)16-18-7-5-4-6-8-18/h4-8,15,19-20H,9-14,16H2,1-3H3. The molecule has 31 heavy (non-hydrogen) atoms. The van der Waals surface area contributed by atoms with Gasteiger partial charge in [0.1, 0.15) is 0 Å². The number of aryl methyl sites for hydroxylation is 1. The van der Waals surface area contributed by atoms with Crippen LogP contribution in [0.4, 0.5) is 0 Å². The number of nitrogens with zero attached hydrogens (tertiary/aromatic N) is 5. The Balaban J connectivity index is 1.55. The number of likely N-dealkylation sites (tertiary alicyclic amines) is 1. The predicted molar refractivity (Wildman–Crippen MR) is 122 cm³/mol. The highest BCUT2D eigenvalue weighted by Gasteiger charge is 2.31. The van der Waals surface area contributed by atoms with Crippen LogP contribution in [0, 0.1) is 6.92 Å². The normalized spacial score (nSPS) is 17.9. The molecule has 1 aliphatic carbocycles. The number of pyridine rings is 1. The fourth-order valence-electron chi connectivity index (χ4n) is 4.73. The molecule has 0 atom stereocenters. The molecule has 6 heteroatoms. The Labute approximate surface area is 183 Å². The SMILES string of the molecule is Cc1nn(Cc2ccccc2)c2nc(C3CC3)cc(C(=O)N(C)C3CCN(C)CC3)c12. The van der Waals surface area contributed by atoms with Crippen molar-refractivity contribution in [3.8, 4) is 0 Å². The fourth-order valence-corrected chi connectivity index (χ4v) is 4.73. The molecule has 0 unspecified atom stereocenters. The number of rotatable bonds is 5. The monoisotopic (exact) mass is 417 g/mol. The van der Waals surface area contributed by atoms with Gasteiger partial charge in [0.05, 0.1) is 23.2 Å². The van der Waals surface area contributed by atoms with Crippen LogP contribution < -0.4 is 0 Å². The van der Waals surface area contributed by atoms with E-state index >= 15 is 0 Å². The third kappa shape index (κ3) is 3.97. The quantitative estimate of drug-likeness (QED) is 0.633. The van der Waals surface area contributed by atoms with Gasteiger partial charge in [0.15, 0.2) is 5.65 Å². The summed E-state index contributed by atoms with van der Waals surface area (Å²) in [5, 5.41) is 5.71. The third-order valence-corrected chi connectivity index (χ3v) is 6.85. The molecule has 6 nitrogen and oxygen atoms in total. The van der Waals surface area contributed by atoms with E-state index in [2.05, 4.69) is 30.1 Å². The molecule has 2 aromatic heterocycles. The third-order valence-electron chi connectivity index (χ3n) is 6.85. The van der Waals surface area contributed by atoms with Crippen molar-refractivity contribution in [2.24, 2.45) is 0 Å². The van der Waals surface area contributed by atoms with Crippen molar-refractivity contribution in [2.45, 2.75) is 51.1 Å². The summed E-state index contributed by atoms with van der Waals surface area (Å²) in [6.45, 7) is 4.73. The van der Waals surface area contributed by atoms with E-state index in [1.807, 2.05) is 41.8 Å². The van der Waals surface area contributed by atoms with Crippen LogP contribution in [0.1, 0.15) is 58.9 Å². The van der Waals surface area contributed by atoms with E-state index in [1.54, 1.807) is 0 Å². The van der Waals surface area contributed by atoms with E-state index in [1.165, 1.54) is 5.56 Å². The zero-order chi connectivity index (χ0) is 21.5. The molecule has 3 heterocycles. The van der Waals surface area contributed by atoms with Gasteiger partial charge in [-0.2, -0.15) is 5.10 Å². The van der Waals surface area contributed by atoms with Crippen LogP contribution in [0.25, 0.3) is 11.0 Å². The summed E-state index contributed by atoms with van der Waals surface area (Å²) in [7, 11) is 4.11. The number of carbonyl (C=O) groups excluding carboxylic acids is 1. The van der Waals surface area contributed by atoms with Crippen LogP contribution in [0.15, 0.2) is 36.4 Å². The summed E-state index contributed by atoms with van der Waals surface area (Å²) in [5.74, 6) is 0.580. The van der Waals surface area contributed by atoms with Gasteiger partial charge in [0.25, 0.3) is 5.91 Å². The van der Waals surface area contributed by atoms with Gasteiger partial charge in [0, 0.05) is 24.7 Å². The first kappa shape index (κ1) is 20.2. The number of fused-ring (bicyclic) bond motifs is 1. The Morgan fingerprint density at radius 3 is 2.52 bits per heavy atom. The minimum absolute atomic E-state index is 0.103. The molecule has 2 fully saturated rings. The van der Waals surface area contributed by atoms with Crippen LogP contribution in [-0.4, -0.2) is 63.7 Å². The van der Waals surface area contributed by atoms with Crippen molar-refractivity contribution < 1.29 is 4.79 Å². The lowest BCUT2D eigenvalue weighted by atomic mass is 10.0. The van der Waals surface area contributed by atoms with Gasteiger partial charge in [0.2, 0.25) is 0 Å². The molecule has 0 N–H and O–H groups in total. The number of hydrogen-bond donors (Lipinski definition) is 0. The Hall–Kier alpha value is -2.73. The molecule has 5 rings (SSSR count). The van der Waals surface area contributed by atoms with E-state index in [0.29, 0.717) is 12.5 Å². The number of aromatic nitrogens is 3. The van der Waals surface area contributed by atoms with Crippen molar-refractivity contribution in [3.63, 3.8) is 0 Å². The van der Waals surface area contributed by atoms with Crippen molar-refractivity contribution in [1.29, 1.82) is 0 Å². The Kier molecular flexibility index (Phi) is 5.26. The molecular weight excluding hydrogens is 386 g/mol. The van der Waals surface area contributed by atoms with E-state index in [9.17, 15) is 4.79 Å². The molecule has 1 amide bonds. The maximum absolute atomic E-state index is 13.7. The smallest absolute Gasteiger partial charge is 0.254 e. The maximum Gasteiger partial charge on any atom is 0.254 e. The van der Waals surface area contributed by atoms with Crippen molar-refractivity contribution in [3.05, 3.63) is 58.9 Å². The van der Waals surface area contributed by atoms with Crippen LogP contribution >= 0.6 is 0 Å². The van der Waals surface area contributed by atoms with Gasteiger partial charge >= 0.3 is 0 Å². The fraction of sp³-hybridized carbons (Fsp3) is 0.480. The van der Waals surface area contributed by atoms with Crippen LogP contribution in [-0.2, 0) is 6.54 Å². The van der Waals surface area contributed by atoms with Crippen LogP contribution in [0.3, 0.4) is 0 Å². The van der Waals surface area contributed by atoms with Crippen molar-refractivity contribution in [2.75, 3.05) is 27.2 Å². The predicted octanol–water partition coefficient (Wildman–Crippen LogP) is 3.83. The summed E-state index contributed by atoms with van der Waals surface area (Å²) < 4.78 is 1.97. The highest BCUT2D eigenvalue weighted by Crippen LogP contribution is 2.40. The number of benzene rings is 1. The highest BCUT2D eigenvalue weighted by atomic mass is 16.2. The minimum Gasteiger partial charge on any atom is -0.339 e. The van der Waals surface area contributed by atoms with E-state index in [-0.39, 0.29) is 11.9 Å². The largest absolute Gasteiger partial charge is 0.339 e. The molecule has 0 bridgehead atoms. The van der Waals surface area contributed by atoms with Crippen molar-refractivity contribution in [1.82, 2.24) is 24.6 Å². The second-order valence-corrected chi connectivity index (χ2v) is 9.25. The lowest BCUT2D eigenvalue weighted by Crippen LogP contribution is -2.44. The first-order valence-corrected chi connectivity index (χ1v) is 11.4. The van der Waals surface area contributed by atoms with E-state index in [0.717, 1.165) is 66.8 Å². The molecule has 0 spiro atoms. The summed E-state index contributed by atoms with van der Waals surface area (Å²) in [4.78, 5) is 23.0. The number of amides is 1. The molecular formula is C25H31N5O. The first-order valence-electron chi connectivity index (χ1n) is 11.4. The van der Waals surface area contributed by atoms with Crippen LogP contribution in [0.5, 0.6) is 0 Å². The average Bonchev–Trinajstić information content (AvgIpc) is 3.59. The van der Waals surface area contributed by atoms with Gasteiger partial charge < -0.3 is 9.80 Å². The number of carbonyl (C=O) groups is 1.